The van der Waals surface area contributed by atoms with Crippen LogP contribution in [0.2, 0.25) is 0 Å². The molecule has 70 valence electrons. The van der Waals surface area contributed by atoms with Crippen molar-refractivity contribution >= 4 is 5.97 Å². The molecule has 1 saturated carbocycles. The minimum Gasteiger partial charge on any atom is -0.479 e. The van der Waals surface area contributed by atoms with E-state index in [1.54, 1.807) is 0 Å². The SMILES string of the molecule is CC(O)(CC1CCCC1)C(=O)O. The normalized spacial score (nSPS) is 23.8. The fourth-order valence-corrected chi connectivity index (χ4v) is 1.86. The molecule has 1 fully saturated rings. The zero-order chi connectivity index (χ0) is 9.19. The quantitative estimate of drug-likeness (QED) is 0.676. The molecule has 0 spiro atoms. The lowest BCUT2D eigenvalue weighted by atomic mass is 9.91. The van der Waals surface area contributed by atoms with Crippen molar-refractivity contribution in [2.75, 3.05) is 0 Å². The van der Waals surface area contributed by atoms with Crippen LogP contribution in [-0.2, 0) is 4.79 Å². The molecule has 0 aromatic carbocycles. The summed E-state index contributed by atoms with van der Waals surface area (Å²) >= 11 is 0. The molecule has 12 heavy (non-hydrogen) atoms. The van der Waals surface area contributed by atoms with Crippen LogP contribution in [0, 0.1) is 5.92 Å². The summed E-state index contributed by atoms with van der Waals surface area (Å²) in [7, 11) is 0. The van der Waals surface area contributed by atoms with E-state index in [1.165, 1.54) is 19.8 Å². The molecule has 0 aromatic heterocycles. The lowest BCUT2D eigenvalue weighted by Gasteiger charge is -2.21. The largest absolute Gasteiger partial charge is 0.479 e. The molecule has 0 aliphatic heterocycles. The Bertz CT molecular complexity index is 169. The predicted molar refractivity (Wildman–Crippen MR) is 44.8 cm³/mol. The highest BCUT2D eigenvalue weighted by Crippen LogP contribution is 2.31. The predicted octanol–water partition coefficient (Wildman–Crippen LogP) is 1.40. The average molecular weight is 172 g/mol. The maximum Gasteiger partial charge on any atom is 0.335 e. The first-order valence-corrected chi connectivity index (χ1v) is 4.48. The second kappa shape index (κ2) is 3.44. The molecule has 0 saturated heterocycles. The van der Waals surface area contributed by atoms with Crippen LogP contribution < -0.4 is 0 Å². The summed E-state index contributed by atoms with van der Waals surface area (Å²) in [6.07, 6.45) is 4.91. The first-order valence-electron chi connectivity index (χ1n) is 4.48. The number of hydrogen-bond acceptors (Lipinski definition) is 2. The van der Waals surface area contributed by atoms with Crippen molar-refractivity contribution in [2.45, 2.75) is 44.6 Å². The maximum atomic E-state index is 10.6. The fourth-order valence-electron chi connectivity index (χ4n) is 1.86. The summed E-state index contributed by atoms with van der Waals surface area (Å²) in [6.45, 7) is 1.38. The molecule has 2 N–H and O–H groups in total. The molecule has 1 unspecified atom stereocenters. The van der Waals surface area contributed by atoms with E-state index in [0.717, 1.165) is 12.8 Å². The summed E-state index contributed by atoms with van der Waals surface area (Å²) in [4.78, 5) is 10.6. The van der Waals surface area contributed by atoms with Crippen molar-refractivity contribution in [1.29, 1.82) is 0 Å². The van der Waals surface area contributed by atoms with Crippen LogP contribution in [0.3, 0.4) is 0 Å². The van der Waals surface area contributed by atoms with Crippen LogP contribution >= 0.6 is 0 Å². The van der Waals surface area contributed by atoms with Gasteiger partial charge in [0.15, 0.2) is 5.60 Å². The van der Waals surface area contributed by atoms with Crippen LogP contribution in [0.5, 0.6) is 0 Å². The van der Waals surface area contributed by atoms with Gasteiger partial charge < -0.3 is 10.2 Å². The van der Waals surface area contributed by atoms with E-state index in [4.69, 9.17) is 5.11 Å². The van der Waals surface area contributed by atoms with E-state index in [2.05, 4.69) is 0 Å². The first-order chi connectivity index (χ1) is 5.52. The van der Waals surface area contributed by atoms with Gasteiger partial charge >= 0.3 is 5.97 Å². The number of carboxylic acid groups (broad SMARTS) is 1. The van der Waals surface area contributed by atoms with Crippen LogP contribution in [0.15, 0.2) is 0 Å². The maximum absolute atomic E-state index is 10.6. The zero-order valence-electron chi connectivity index (χ0n) is 7.42. The summed E-state index contributed by atoms with van der Waals surface area (Å²) in [5, 5.41) is 18.1. The van der Waals surface area contributed by atoms with Crippen molar-refractivity contribution in [1.82, 2.24) is 0 Å². The highest BCUT2D eigenvalue weighted by atomic mass is 16.4. The number of hydrogen-bond donors (Lipinski definition) is 2. The van der Waals surface area contributed by atoms with Gasteiger partial charge in [-0.2, -0.15) is 0 Å². The summed E-state index contributed by atoms with van der Waals surface area (Å²) < 4.78 is 0. The molecule has 3 nitrogen and oxygen atoms in total. The van der Waals surface area contributed by atoms with Gasteiger partial charge in [0.05, 0.1) is 0 Å². The van der Waals surface area contributed by atoms with Gasteiger partial charge in [0.25, 0.3) is 0 Å². The topological polar surface area (TPSA) is 57.5 Å². The molecule has 1 aliphatic carbocycles. The van der Waals surface area contributed by atoms with Gasteiger partial charge in [0.1, 0.15) is 0 Å². The average Bonchev–Trinajstić information content (AvgIpc) is 2.38. The van der Waals surface area contributed by atoms with Crippen LogP contribution in [0.25, 0.3) is 0 Å². The second-order valence-corrected chi connectivity index (χ2v) is 3.93. The Balaban J connectivity index is 2.42. The van der Waals surface area contributed by atoms with Crippen LogP contribution in [-0.4, -0.2) is 21.8 Å². The van der Waals surface area contributed by atoms with Gasteiger partial charge in [-0.05, 0) is 19.3 Å². The second-order valence-electron chi connectivity index (χ2n) is 3.93. The first kappa shape index (κ1) is 9.52. The van der Waals surface area contributed by atoms with Crippen LogP contribution in [0.4, 0.5) is 0 Å². The van der Waals surface area contributed by atoms with Gasteiger partial charge in [-0.1, -0.05) is 25.7 Å². The van der Waals surface area contributed by atoms with Crippen molar-refractivity contribution < 1.29 is 15.0 Å². The lowest BCUT2D eigenvalue weighted by molar-refractivity contribution is -0.158. The van der Waals surface area contributed by atoms with E-state index in [-0.39, 0.29) is 0 Å². The van der Waals surface area contributed by atoms with E-state index < -0.39 is 11.6 Å². The Morgan fingerprint density at radius 1 is 1.50 bits per heavy atom. The molecule has 1 rings (SSSR count). The Morgan fingerprint density at radius 3 is 2.42 bits per heavy atom. The van der Waals surface area contributed by atoms with Crippen molar-refractivity contribution in [3.8, 4) is 0 Å². The Morgan fingerprint density at radius 2 is 2.00 bits per heavy atom. The zero-order valence-corrected chi connectivity index (χ0v) is 7.42. The Kier molecular flexibility index (Phi) is 2.73. The molecule has 1 atom stereocenters. The Labute approximate surface area is 72.4 Å². The molecule has 0 radical (unpaired) electrons. The van der Waals surface area contributed by atoms with Gasteiger partial charge in [0.2, 0.25) is 0 Å². The van der Waals surface area contributed by atoms with Crippen molar-refractivity contribution in [3.63, 3.8) is 0 Å². The summed E-state index contributed by atoms with van der Waals surface area (Å²) in [5.41, 5.74) is -1.52. The molecule has 0 heterocycles. The molecule has 0 bridgehead atoms. The molecule has 0 amide bonds. The number of aliphatic carboxylic acids is 1. The number of carboxylic acids is 1. The third-order valence-corrected chi connectivity index (χ3v) is 2.62. The summed E-state index contributed by atoms with van der Waals surface area (Å²) in [5.74, 6) is -0.689. The number of rotatable bonds is 3. The van der Waals surface area contributed by atoms with Gasteiger partial charge in [-0.15, -0.1) is 0 Å². The molecule has 3 heteroatoms. The van der Waals surface area contributed by atoms with E-state index in [0.29, 0.717) is 12.3 Å². The minimum atomic E-state index is -1.52. The van der Waals surface area contributed by atoms with Gasteiger partial charge in [-0.25, -0.2) is 4.79 Å². The molecule has 0 aromatic rings. The van der Waals surface area contributed by atoms with E-state index in [1.807, 2.05) is 0 Å². The fraction of sp³-hybridized carbons (Fsp3) is 0.889. The molecule has 1 aliphatic rings. The minimum absolute atomic E-state index is 0.405. The highest BCUT2D eigenvalue weighted by Gasteiger charge is 2.33. The third-order valence-electron chi connectivity index (χ3n) is 2.62. The summed E-state index contributed by atoms with van der Waals surface area (Å²) in [6, 6.07) is 0. The van der Waals surface area contributed by atoms with Crippen molar-refractivity contribution in [2.24, 2.45) is 5.92 Å². The van der Waals surface area contributed by atoms with Crippen LogP contribution in [0.1, 0.15) is 39.0 Å². The number of carbonyl (C=O) groups is 1. The molecular formula is C9H16O3. The monoisotopic (exact) mass is 172 g/mol. The highest BCUT2D eigenvalue weighted by molar-refractivity contribution is 5.76. The van der Waals surface area contributed by atoms with E-state index in [9.17, 15) is 9.90 Å². The Hall–Kier alpha value is -0.570. The standard InChI is InChI=1S/C9H16O3/c1-9(12,8(10)11)6-7-4-2-3-5-7/h7,12H,2-6H2,1H3,(H,10,11). The van der Waals surface area contributed by atoms with E-state index >= 15 is 0 Å². The van der Waals surface area contributed by atoms with Crippen molar-refractivity contribution in [3.05, 3.63) is 0 Å². The lowest BCUT2D eigenvalue weighted by Crippen LogP contribution is -2.36. The van der Waals surface area contributed by atoms with Gasteiger partial charge in [0, 0.05) is 0 Å². The molecular weight excluding hydrogens is 156 g/mol. The van der Waals surface area contributed by atoms with Gasteiger partial charge in [-0.3, -0.25) is 0 Å². The number of aliphatic hydroxyl groups is 1. The third kappa shape index (κ3) is 2.21. The smallest absolute Gasteiger partial charge is 0.335 e.